The Morgan fingerprint density at radius 1 is 1.00 bits per heavy atom. The molecule has 6 rings (SSSR count). The van der Waals surface area contributed by atoms with Crippen molar-refractivity contribution in [3.8, 4) is 0 Å². The fraction of sp³-hybridized carbons (Fsp3) is 0.575. The summed E-state index contributed by atoms with van der Waals surface area (Å²) in [5.41, 5.74) is 6.58. The van der Waals surface area contributed by atoms with E-state index < -0.39 is 11.4 Å². The van der Waals surface area contributed by atoms with Crippen LogP contribution in [0, 0.1) is 39.4 Å². The SMILES string of the molecule is CC(C)=CCCC(C(=O)O)[C@@H]1CC[C@]2(C)C3=C(CC[C@@]12C)[C@@]1(C)C/C(=C\c2ccc4ccccc4n2)C(=O)C(C)(C)[C@@H]1CC3. The van der Waals surface area contributed by atoms with Crippen molar-refractivity contribution in [3.05, 3.63) is 70.5 Å². The van der Waals surface area contributed by atoms with E-state index in [9.17, 15) is 14.7 Å². The molecule has 0 saturated heterocycles. The molecule has 0 bridgehead atoms. The number of hydrogen-bond acceptors (Lipinski definition) is 3. The number of fused-ring (bicyclic) bond motifs is 5. The molecule has 1 aromatic carbocycles. The topological polar surface area (TPSA) is 67.3 Å². The van der Waals surface area contributed by atoms with Gasteiger partial charge < -0.3 is 5.11 Å². The van der Waals surface area contributed by atoms with Crippen LogP contribution >= 0.6 is 0 Å². The zero-order chi connectivity index (χ0) is 31.7. The molecule has 1 aromatic heterocycles. The third-order valence-corrected chi connectivity index (χ3v) is 13.2. The number of ketones is 1. The lowest BCUT2D eigenvalue weighted by molar-refractivity contribution is -0.146. The number of hydrogen-bond donors (Lipinski definition) is 1. The summed E-state index contributed by atoms with van der Waals surface area (Å²) in [6.45, 7) is 15.9. The highest BCUT2D eigenvalue weighted by molar-refractivity contribution is 6.04. The maximum Gasteiger partial charge on any atom is 0.306 e. The lowest BCUT2D eigenvalue weighted by Gasteiger charge is -2.61. The van der Waals surface area contributed by atoms with E-state index in [0.29, 0.717) is 5.92 Å². The second-order valence-electron chi connectivity index (χ2n) is 16.0. The van der Waals surface area contributed by atoms with Gasteiger partial charge in [0, 0.05) is 10.8 Å². The molecular formula is C40H51NO3. The highest BCUT2D eigenvalue weighted by atomic mass is 16.4. The Kier molecular flexibility index (Phi) is 7.61. The molecule has 1 unspecified atom stereocenters. The summed E-state index contributed by atoms with van der Waals surface area (Å²) in [6, 6.07) is 12.3. The van der Waals surface area contributed by atoms with Gasteiger partial charge in [-0.2, -0.15) is 0 Å². The van der Waals surface area contributed by atoms with Gasteiger partial charge in [-0.1, -0.05) is 81.7 Å². The molecule has 0 aliphatic heterocycles. The maximum absolute atomic E-state index is 14.1. The Bertz CT molecular complexity index is 1610. The molecule has 2 fully saturated rings. The Morgan fingerprint density at radius 3 is 2.48 bits per heavy atom. The highest BCUT2D eigenvalue weighted by Gasteiger charge is 2.64. The first kappa shape index (κ1) is 31.0. The number of rotatable bonds is 6. The first-order valence-corrected chi connectivity index (χ1v) is 16.9. The second-order valence-corrected chi connectivity index (χ2v) is 16.0. The van der Waals surface area contributed by atoms with E-state index >= 15 is 0 Å². The molecule has 0 spiro atoms. The summed E-state index contributed by atoms with van der Waals surface area (Å²) in [6.07, 6.45) is 12.7. The van der Waals surface area contributed by atoms with Gasteiger partial charge in [-0.05, 0) is 123 Å². The summed E-state index contributed by atoms with van der Waals surface area (Å²) in [5, 5.41) is 11.5. The van der Waals surface area contributed by atoms with Gasteiger partial charge in [0.1, 0.15) is 0 Å². The lowest BCUT2D eigenvalue weighted by Crippen LogP contribution is -2.54. The van der Waals surface area contributed by atoms with Crippen molar-refractivity contribution in [2.24, 2.45) is 39.4 Å². The highest BCUT2D eigenvalue weighted by Crippen LogP contribution is 2.72. The molecule has 2 aromatic rings. The van der Waals surface area contributed by atoms with Crippen molar-refractivity contribution in [1.29, 1.82) is 0 Å². The molecule has 4 aliphatic rings. The average molecular weight is 594 g/mol. The number of nitrogens with zero attached hydrogens (tertiary/aromatic N) is 1. The molecule has 44 heavy (non-hydrogen) atoms. The Labute approximate surface area is 264 Å². The van der Waals surface area contributed by atoms with E-state index in [1.165, 1.54) is 5.57 Å². The van der Waals surface area contributed by atoms with Gasteiger partial charge in [0.05, 0.1) is 17.1 Å². The van der Waals surface area contributed by atoms with Crippen molar-refractivity contribution < 1.29 is 14.7 Å². The maximum atomic E-state index is 14.1. The number of carboxylic acid groups (broad SMARTS) is 1. The van der Waals surface area contributed by atoms with Crippen molar-refractivity contribution in [2.75, 3.05) is 0 Å². The number of carboxylic acids is 1. The minimum atomic E-state index is -0.623. The molecule has 2 saturated carbocycles. The zero-order valence-corrected chi connectivity index (χ0v) is 27.9. The number of para-hydroxylation sites is 1. The fourth-order valence-electron chi connectivity index (χ4n) is 10.7. The van der Waals surface area contributed by atoms with Crippen molar-refractivity contribution >= 4 is 28.7 Å². The molecule has 4 aliphatic carbocycles. The van der Waals surface area contributed by atoms with Crippen molar-refractivity contribution in [1.82, 2.24) is 4.98 Å². The van der Waals surface area contributed by atoms with Crippen LogP contribution in [0.5, 0.6) is 0 Å². The van der Waals surface area contributed by atoms with Crippen LogP contribution in [-0.2, 0) is 9.59 Å². The normalized spacial score (nSPS) is 34.3. The number of carbonyl (C=O) groups excluding carboxylic acids is 1. The van der Waals surface area contributed by atoms with Gasteiger partial charge >= 0.3 is 5.97 Å². The summed E-state index contributed by atoms with van der Waals surface area (Å²) < 4.78 is 0. The number of allylic oxidation sites excluding steroid dienone is 5. The smallest absolute Gasteiger partial charge is 0.306 e. The number of aliphatic carboxylic acids is 1. The molecule has 1 heterocycles. The van der Waals surface area contributed by atoms with Crippen LogP contribution in [0.4, 0.5) is 0 Å². The summed E-state index contributed by atoms with van der Waals surface area (Å²) in [4.78, 5) is 31.7. The molecule has 6 atom stereocenters. The first-order valence-electron chi connectivity index (χ1n) is 16.9. The third-order valence-electron chi connectivity index (χ3n) is 13.2. The summed E-state index contributed by atoms with van der Waals surface area (Å²) in [7, 11) is 0. The second kappa shape index (κ2) is 10.8. The van der Waals surface area contributed by atoms with E-state index in [2.05, 4.69) is 72.8 Å². The van der Waals surface area contributed by atoms with E-state index in [0.717, 1.165) is 80.0 Å². The standard InChI is InChI=1S/C40H51NO3/c1-25(2)11-10-13-29(36(43)44)30-19-21-40(7)32-17-18-34-37(3,4)35(42)27(24-38(34,5)31(32)20-22-39(30,40)6)23-28-16-15-26-12-8-9-14-33(26)41-28/h8-9,11-12,14-16,23,29-30,34H,10,13,17-22,24H2,1-7H3,(H,43,44)/b27-23+/t29?,30-,34-,38+,39-,40+/m0/s1. The Hall–Kier alpha value is -3.01. The molecule has 0 radical (unpaired) electrons. The Morgan fingerprint density at radius 2 is 1.75 bits per heavy atom. The van der Waals surface area contributed by atoms with E-state index in [1.807, 2.05) is 24.3 Å². The van der Waals surface area contributed by atoms with E-state index in [-0.39, 0.29) is 33.9 Å². The summed E-state index contributed by atoms with van der Waals surface area (Å²) in [5.74, 6) is -0.172. The van der Waals surface area contributed by atoms with Gasteiger partial charge in [0.2, 0.25) is 0 Å². The first-order chi connectivity index (χ1) is 20.7. The van der Waals surface area contributed by atoms with Gasteiger partial charge in [-0.15, -0.1) is 0 Å². The van der Waals surface area contributed by atoms with E-state index in [1.54, 1.807) is 11.1 Å². The monoisotopic (exact) mass is 593 g/mol. The molecule has 234 valence electrons. The predicted octanol–water partition coefficient (Wildman–Crippen LogP) is 9.99. The van der Waals surface area contributed by atoms with Gasteiger partial charge in [-0.25, -0.2) is 4.98 Å². The molecule has 4 heteroatoms. The largest absolute Gasteiger partial charge is 0.481 e. The van der Waals surface area contributed by atoms with Crippen molar-refractivity contribution in [2.45, 2.75) is 106 Å². The Balaban J connectivity index is 1.38. The minimum Gasteiger partial charge on any atom is -0.481 e. The van der Waals surface area contributed by atoms with Crippen LogP contribution in [0.3, 0.4) is 0 Å². The quantitative estimate of drug-likeness (QED) is 0.267. The molecule has 0 amide bonds. The van der Waals surface area contributed by atoms with E-state index in [4.69, 9.17) is 4.98 Å². The predicted molar refractivity (Wildman–Crippen MR) is 179 cm³/mol. The number of pyridine rings is 1. The van der Waals surface area contributed by atoms with Gasteiger partial charge in [0.25, 0.3) is 0 Å². The van der Waals surface area contributed by atoms with Crippen LogP contribution < -0.4 is 0 Å². The number of Topliss-reactive ketones (excluding diaryl/α,β-unsaturated/α-hetero) is 1. The minimum absolute atomic E-state index is 0.00117. The number of aromatic nitrogens is 1. The van der Waals surface area contributed by atoms with Crippen LogP contribution in [0.25, 0.3) is 17.0 Å². The van der Waals surface area contributed by atoms with Crippen molar-refractivity contribution in [3.63, 3.8) is 0 Å². The van der Waals surface area contributed by atoms with Crippen LogP contribution in [0.2, 0.25) is 0 Å². The lowest BCUT2D eigenvalue weighted by atomic mass is 9.43. The van der Waals surface area contributed by atoms with Crippen LogP contribution in [0.15, 0.2) is 64.8 Å². The zero-order valence-electron chi connectivity index (χ0n) is 27.9. The fourth-order valence-corrected chi connectivity index (χ4v) is 10.7. The molecule has 1 N–H and O–H groups in total. The van der Waals surface area contributed by atoms with Gasteiger partial charge in [-0.3, -0.25) is 9.59 Å². The third kappa shape index (κ3) is 4.65. The van der Waals surface area contributed by atoms with Gasteiger partial charge in [0.15, 0.2) is 5.78 Å². The summed E-state index contributed by atoms with van der Waals surface area (Å²) >= 11 is 0. The number of benzene rings is 1. The average Bonchev–Trinajstić information content (AvgIpc) is 3.24. The van der Waals surface area contributed by atoms with Crippen LogP contribution in [-0.4, -0.2) is 21.8 Å². The number of carbonyl (C=O) groups is 2. The van der Waals surface area contributed by atoms with Crippen LogP contribution in [0.1, 0.15) is 112 Å². The molecule has 4 nitrogen and oxygen atoms in total. The molecular weight excluding hydrogens is 542 g/mol.